The average Bonchev–Trinajstić information content (AvgIpc) is 3.88. The fraction of sp³-hybridized carbons (Fsp3) is 0.561. The van der Waals surface area contributed by atoms with Gasteiger partial charge in [-0.3, -0.25) is 24.1 Å². The smallest absolute Gasteiger partial charge is 0.321 e. The lowest BCUT2D eigenvalue weighted by molar-refractivity contribution is -0.138. The van der Waals surface area contributed by atoms with Gasteiger partial charge < -0.3 is 51.3 Å². The summed E-state index contributed by atoms with van der Waals surface area (Å²) in [6.45, 7) is 11.4. The highest BCUT2D eigenvalue weighted by molar-refractivity contribution is 8.00. The van der Waals surface area contributed by atoms with Gasteiger partial charge in [0.1, 0.15) is 17.3 Å². The number of unbranched alkanes of at least 4 members (excludes halogenated alkanes) is 2. The molecule has 5 rings (SSSR count). The van der Waals surface area contributed by atoms with Crippen LogP contribution in [0.25, 0.3) is 11.0 Å². The minimum atomic E-state index is -1.23. The Bertz CT molecular complexity index is 2090. The predicted molar refractivity (Wildman–Crippen MR) is 234 cm³/mol. The number of aromatic nitrogens is 6. The van der Waals surface area contributed by atoms with Crippen LogP contribution >= 0.6 is 11.8 Å². The number of nitrogens with one attached hydrogen (secondary N) is 2. The number of aryl methyl sites for hydroxylation is 1. The molecule has 1 aliphatic rings. The molecule has 4 aromatic rings. The first kappa shape index (κ1) is 47.7. The van der Waals surface area contributed by atoms with Crippen molar-refractivity contribution in [2.45, 2.75) is 83.4 Å². The summed E-state index contributed by atoms with van der Waals surface area (Å²) in [7, 11) is 0. The molecule has 1 aromatic carbocycles. The summed E-state index contributed by atoms with van der Waals surface area (Å²) >= 11 is 0.873. The second-order valence-corrected chi connectivity index (χ2v) is 16.4. The second kappa shape index (κ2) is 24.3. The van der Waals surface area contributed by atoms with Crippen molar-refractivity contribution in [2.24, 2.45) is 5.73 Å². The summed E-state index contributed by atoms with van der Waals surface area (Å²) in [5.41, 5.74) is 17.4. The van der Waals surface area contributed by atoms with E-state index < -0.39 is 35.6 Å². The fourth-order valence-electron chi connectivity index (χ4n) is 6.89. The molecule has 21 heteroatoms. The van der Waals surface area contributed by atoms with Gasteiger partial charge >= 0.3 is 11.9 Å². The van der Waals surface area contributed by atoms with Crippen LogP contribution in [0, 0.1) is 6.92 Å². The van der Waals surface area contributed by atoms with Crippen molar-refractivity contribution < 1.29 is 38.9 Å². The summed E-state index contributed by atoms with van der Waals surface area (Å²) in [5.74, 6) is -1.99. The number of carbonyl (C=O) groups is 4. The number of anilines is 2. The van der Waals surface area contributed by atoms with Crippen molar-refractivity contribution in [3.8, 4) is 0 Å². The van der Waals surface area contributed by atoms with Crippen molar-refractivity contribution in [2.75, 3.05) is 76.0 Å². The topological polar surface area (TPSA) is 271 Å². The number of ether oxygens (including phenoxy) is 2. The Morgan fingerprint density at radius 2 is 1.76 bits per heavy atom. The van der Waals surface area contributed by atoms with E-state index in [4.69, 9.17) is 31.2 Å². The molecule has 2 amide bonds. The van der Waals surface area contributed by atoms with Gasteiger partial charge in [0.25, 0.3) is 0 Å². The van der Waals surface area contributed by atoms with E-state index in [9.17, 15) is 19.2 Å². The number of rotatable bonds is 27. The number of piperazine rings is 1. The van der Waals surface area contributed by atoms with Crippen LogP contribution in [0.1, 0.15) is 61.4 Å². The van der Waals surface area contributed by atoms with Gasteiger partial charge in [0.2, 0.25) is 17.8 Å². The molecular weight excluding hydrogens is 821 g/mol. The Hall–Kier alpha value is -5.35. The highest BCUT2D eigenvalue weighted by Crippen LogP contribution is 2.25. The van der Waals surface area contributed by atoms with E-state index in [-0.39, 0.29) is 24.2 Å². The second-order valence-electron chi connectivity index (χ2n) is 15.2. The van der Waals surface area contributed by atoms with Crippen molar-refractivity contribution >= 4 is 58.3 Å². The first-order valence-corrected chi connectivity index (χ1v) is 22.0. The summed E-state index contributed by atoms with van der Waals surface area (Å²) in [6, 6.07) is 7.42. The number of benzene rings is 1. The number of thioether (sulfide) groups is 1. The van der Waals surface area contributed by atoms with Gasteiger partial charge in [-0.2, -0.15) is 4.98 Å². The third kappa shape index (κ3) is 14.9. The first-order chi connectivity index (χ1) is 29.9. The van der Waals surface area contributed by atoms with Crippen molar-refractivity contribution in [3.63, 3.8) is 0 Å². The maximum absolute atomic E-state index is 12.9. The average molecular weight is 881 g/mol. The molecule has 0 spiro atoms. The van der Waals surface area contributed by atoms with E-state index in [2.05, 4.69) is 72.4 Å². The molecule has 1 saturated heterocycles. The van der Waals surface area contributed by atoms with E-state index in [0.717, 1.165) is 74.1 Å². The number of fused-ring (bicyclic) bond motifs is 1. The van der Waals surface area contributed by atoms with Crippen LogP contribution in [0.5, 0.6) is 0 Å². The standard InChI is InChI=1S/C41H60N12O8S/c1-3-4-5-10-44-38-37-33(46-41(43)47-38)8-11-52(37)25-30-7-6-29(21-28(30)2)24-50-12-14-51(15-13-50)35(54)9-17-60-19-20-61-18-16-53-26-31(48-49-53)23-45-39(57)34(22-36(55)56)62-27-32(42)40(58)59/h6-8,11,21,26,32,34H,3-5,9-10,12-20,22-25,27,42H2,1-2H3,(H,45,57)(H,55,56)(H,58,59)(H3,43,44,46,47)/t32-,34+/m0/s1. The van der Waals surface area contributed by atoms with Gasteiger partial charge in [-0.1, -0.05) is 43.2 Å². The molecule has 0 aliphatic carbocycles. The number of carboxylic acid groups (broad SMARTS) is 2. The lowest BCUT2D eigenvalue weighted by atomic mass is 10.0. The van der Waals surface area contributed by atoms with Crippen LogP contribution in [0.15, 0.2) is 36.7 Å². The van der Waals surface area contributed by atoms with E-state index in [1.54, 1.807) is 10.9 Å². The van der Waals surface area contributed by atoms with Crippen LogP contribution in [0.3, 0.4) is 0 Å². The normalized spacial score (nSPS) is 14.2. The first-order valence-electron chi connectivity index (χ1n) is 21.0. The number of nitrogen functional groups attached to an aromatic ring is 1. The molecule has 0 bridgehead atoms. The van der Waals surface area contributed by atoms with Gasteiger partial charge in [-0.15, -0.1) is 16.9 Å². The Labute approximate surface area is 365 Å². The predicted octanol–water partition coefficient (Wildman–Crippen LogP) is 1.94. The van der Waals surface area contributed by atoms with Gasteiger partial charge in [0, 0.05) is 57.8 Å². The summed E-state index contributed by atoms with van der Waals surface area (Å²) in [6.07, 6.45) is 6.87. The molecule has 1 aliphatic heterocycles. The molecule has 2 atom stereocenters. The Kier molecular flexibility index (Phi) is 18.7. The van der Waals surface area contributed by atoms with E-state index >= 15 is 0 Å². The molecule has 3 aromatic heterocycles. The van der Waals surface area contributed by atoms with Crippen LogP contribution in [0.2, 0.25) is 0 Å². The van der Waals surface area contributed by atoms with E-state index in [1.807, 2.05) is 17.2 Å². The van der Waals surface area contributed by atoms with E-state index in [1.165, 1.54) is 16.7 Å². The quantitative estimate of drug-likeness (QED) is 0.0467. The molecule has 1 fully saturated rings. The number of nitrogens with zero attached hydrogens (tertiary/aromatic N) is 8. The summed E-state index contributed by atoms with van der Waals surface area (Å²) < 4.78 is 15.0. The van der Waals surface area contributed by atoms with Gasteiger partial charge in [-0.05, 0) is 36.1 Å². The molecule has 20 nitrogen and oxygen atoms in total. The zero-order valence-corrected chi connectivity index (χ0v) is 36.4. The number of carboxylic acids is 2. The van der Waals surface area contributed by atoms with Gasteiger partial charge in [-0.25, -0.2) is 9.67 Å². The summed E-state index contributed by atoms with van der Waals surface area (Å²) in [4.78, 5) is 60.9. The zero-order chi connectivity index (χ0) is 44.4. The van der Waals surface area contributed by atoms with Crippen LogP contribution < -0.4 is 22.1 Å². The van der Waals surface area contributed by atoms with Gasteiger partial charge in [0.15, 0.2) is 5.82 Å². The minimum Gasteiger partial charge on any atom is -0.481 e. The third-order valence-electron chi connectivity index (χ3n) is 10.4. The lowest BCUT2D eigenvalue weighted by Gasteiger charge is -2.35. The third-order valence-corrected chi connectivity index (χ3v) is 11.7. The van der Waals surface area contributed by atoms with Gasteiger partial charge in [0.05, 0.1) is 69.3 Å². The van der Waals surface area contributed by atoms with E-state index in [0.29, 0.717) is 64.7 Å². The number of amides is 2. The highest BCUT2D eigenvalue weighted by atomic mass is 32.2. The number of hydrogen-bond donors (Lipinski definition) is 6. The zero-order valence-electron chi connectivity index (χ0n) is 35.5. The monoisotopic (exact) mass is 880 g/mol. The molecular formula is C41H60N12O8S. The van der Waals surface area contributed by atoms with Crippen molar-refractivity contribution in [1.82, 2.24) is 44.6 Å². The molecule has 62 heavy (non-hydrogen) atoms. The number of carbonyl (C=O) groups excluding carboxylic acids is 2. The maximum Gasteiger partial charge on any atom is 0.321 e. The molecule has 4 heterocycles. The largest absolute Gasteiger partial charge is 0.481 e. The Morgan fingerprint density at radius 1 is 0.984 bits per heavy atom. The minimum absolute atomic E-state index is 0.0132. The van der Waals surface area contributed by atoms with Crippen molar-refractivity contribution in [3.05, 3.63) is 59.0 Å². The van der Waals surface area contributed by atoms with Crippen LogP contribution in [-0.4, -0.2) is 149 Å². The molecule has 0 radical (unpaired) electrons. The molecule has 0 unspecified atom stereocenters. The fourth-order valence-corrected chi connectivity index (χ4v) is 7.96. The number of nitrogens with two attached hydrogens (primary N) is 2. The Morgan fingerprint density at radius 3 is 2.48 bits per heavy atom. The highest BCUT2D eigenvalue weighted by Gasteiger charge is 2.25. The lowest BCUT2D eigenvalue weighted by Crippen LogP contribution is -2.48. The maximum atomic E-state index is 12.9. The van der Waals surface area contributed by atoms with Crippen LogP contribution in [-0.2, 0) is 54.8 Å². The van der Waals surface area contributed by atoms with Crippen LogP contribution in [0.4, 0.5) is 11.8 Å². The van der Waals surface area contributed by atoms with Crippen molar-refractivity contribution in [1.29, 1.82) is 0 Å². The number of hydrogen-bond acceptors (Lipinski definition) is 15. The number of aliphatic carboxylic acids is 2. The molecule has 8 N–H and O–H groups in total. The molecule has 338 valence electrons. The summed E-state index contributed by atoms with van der Waals surface area (Å²) in [5, 5.41) is 31.2. The SMILES string of the molecule is CCCCCNc1nc(N)nc2ccn(Cc3ccc(CN4CCN(C(=O)CCOCCOCCn5cc(CNC(=O)[C@@H](CC(=O)O)SC[C@H](N)C(=O)O)nn5)CC4)cc3C)c12. The molecule has 0 saturated carbocycles. The Balaban J connectivity index is 0.933.